The molecule has 0 saturated heterocycles. The second-order valence-electron chi connectivity index (χ2n) is 4.25. The summed E-state index contributed by atoms with van der Waals surface area (Å²) < 4.78 is 29.5. The first-order chi connectivity index (χ1) is 8.49. The predicted molar refractivity (Wildman–Crippen MR) is 72.9 cm³/mol. The maximum absolute atomic E-state index is 10.5. The number of H-pyrrole nitrogens is 1. The van der Waals surface area contributed by atoms with Crippen LogP contribution in [0.2, 0.25) is 0 Å². The number of nitrogens with one attached hydrogen (secondary N) is 1. The number of nitrogens with zero attached hydrogens (tertiary/aromatic N) is 1. The molecule has 1 heterocycles. The smallest absolute Gasteiger partial charge is 0.264 e. The molecule has 0 aliphatic carbocycles. The number of hydrogen-bond acceptors (Lipinski definition) is 3. The van der Waals surface area contributed by atoms with Gasteiger partial charge in [-0.3, -0.25) is 4.55 Å². The number of hydrogen-bond donors (Lipinski definition) is 2. The third-order valence-corrected chi connectivity index (χ3v) is 3.48. The minimum atomic E-state index is -3.75. The van der Waals surface area contributed by atoms with Crippen molar-refractivity contribution in [1.82, 2.24) is 9.97 Å². The molecule has 0 fully saturated rings. The molecule has 0 aliphatic rings. The Morgan fingerprint density at radius 1 is 1.33 bits per heavy atom. The molecule has 18 heavy (non-hydrogen) atoms. The van der Waals surface area contributed by atoms with Crippen molar-refractivity contribution in [2.24, 2.45) is 5.92 Å². The van der Waals surface area contributed by atoms with Gasteiger partial charge in [0.2, 0.25) is 0 Å². The number of aromatic amines is 1. The highest BCUT2D eigenvalue weighted by Gasteiger charge is 2.10. The van der Waals surface area contributed by atoms with Gasteiger partial charge >= 0.3 is 0 Å². The molecule has 6 heteroatoms. The molecule has 5 nitrogen and oxygen atoms in total. The predicted octanol–water partition coefficient (Wildman–Crippen LogP) is 2.89. The SMILES string of the molecule is CCCCC(CC)CCS(=O)(=O)O.c1c[nH]cn1. The van der Waals surface area contributed by atoms with Crippen molar-refractivity contribution >= 4 is 10.1 Å². The van der Waals surface area contributed by atoms with Crippen LogP contribution in [0.4, 0.5) is 0 Å². The van der Waals surface area contributed by atoms with E-state index in [0.29, 0.717) is 12.3 Å². The lowest BCUT2D eigenvalue weighted by Gasteiger charge is -2.12. The summed E-state index contributed by atoms with van der Waals surface area (Å²) in [7, 11) is -3.75. The number of aromatic nitrogens is 2. The van der Waals surface area contributed by atoms with Crippen molar-refractivity contribution in [3.05, 3.63) is 18.7 Å². The van der Waals surface area contributed by atoms with Gasteiger partial charge < -0.3 is 4.98 Å². The molecule has 0 radical (unpaired) electrons. The number of rotatable bonds is 7. The van der Waals surface area contributed by atoms with Gasteiger partial charge in [0.1, 0.15) is 0 Å². The molecule has 0 spiro atoms. The van der Waals surface area contributed by atoms with Crippen LogP contribution in [-0.2, 0) is 10.1 Å². The first kappa shape index (κ1) is 17.1. The molecule has 2 N–H and O–H groups in total. The summed E-state index contributed by atoms with van der Waals surface area (Å²) in [4.78, 5) is 6.42. The van der Waals surface area contributed by atoms with E-state index in [2.05, 4.69) is 23.8 Å². The highest BCUT2D eigenvalue weighted by Crippen LogP contribution is 2.16. The molecular weight excluding hydrogens is 252 g/mol. The molecule has 0 saturated carbocycles. The second kappa shape index (κ2) is 10.1. The normalized spacial score (nSPS) is 12.6. The Bertz CT molecular complexity index is 345. The molecule has 1 aromatic heterocycles. The van der Waals surface area contributed by atoms with Gasteiger partial charge in [-0.05, 0) is 12.3 Å². The van der Waals surface area contributed by atoms with Gasteiger partial charge in [-0.25, -0.2) is 4.98 Å². The van der Waals surface area contributed by atoms with E-state index in [1.165, 1.54) is 0 Å². The highest BCUT2D eigenvalue weighted by molar-refractivity contribution is 7.85. The summed E-state index contributed by atoms with van der Waals surface area (Å²) in [5, 5.41) is 0. The van der Waals surface area contributed by atoms with Gasteiger partial charge in [0.15, 0.2) is 0 Å². The summed E-state index contributed by atoms with van der Waals surface area (Å²) in [6, 6.07) is 0. The van der Waals surface area contributed by atoms with Crippen LogP contribution in [0.3, 0.4) is 0 Å². The van der Waals surface area contributed by atoms with Crippen LogP contribution in [0.1, 0.15) is 46.0 Å². The Morgan fingerprint density at radius 3 is 2.39 bits per heavy atom. The Balaban J connectivity index is 0.000000473. The molecule has 1 aromatic rings. The van der Waals surface area contributed by atoms with Crippen molar-refractivity contribution in [1.29, 1.82) is 0 Å². The molecule has 1 unspecified atom stereocenters. The average Bonchev–Trinajstić information content (AvgIpc) is 2.86. The Hall–Kier alpha value is -0.880. The van der Waals surface area contributed by atoms with Crippen molar-refractivity contribution in [2.45, 2.75) is 46.0 Å². The molecule has 0 amide bonds. The Kier molecular flexibility index (Phi) is 9.59. The van der Waals surface area contributed by atoms with Gasteiger partial charge in [-0.2, -0.15) is 8.42 Å². The van der Waals surface area contributed by atoms with Crippen molar-refractivity contribution in [3.8, 4) is 0 Å². The highest BCUT2D eigenvalue weighted by atomic mass is 32.2. The minimum absolute atomic E-state index is 0.0881. The van der Waals surface area contributed by atoms with E-state index in [0.717, 1.165) is 25.7 Å². The van der Waals surface area contributed by atoms with Crippen LogP contribution in [0.5, 0.6) is 0 Å². The van der Waals surface area contributed by atoms with E-state index in [-0.39, 0.29) is 5.75 Å². The van der Waals surface area contributed by atoms with E-state index >= 15 is 0 Å². The monoisotopic (exact) mass is 276 g/mol. The Morgan fingerprint density at radius 2 is 2.06 bits per heavy atom. The van der Waals surface area contributed by atoms with Gasteiger partial charge in [0.05, 0.1) is 12.1 Å². The van der Waals surface area contributed by atoms with E-state index in [1.807, 2.05) is 0 Å². The van der Waals surface area contributed by atoms with Crippen LogP contribution in [0.25, 0.3) is 0 Å². The first-order valence-corrected chi connectivity index (χ1v) is 7.98. The van der Waals surface area contributed by atoms with Gasteiger partial charge in [-0.1, -0.05) is 39.5 Å². The lowest BCUT2D eigenvalue weighted by molar-refractivity contribution is 0.424. The van der Waals surface area contributed by atoms with E-state index in [4.69, 9.17) is 4.55 Å². The maximum atomic E-state index is 10.5. The quantitative estimate of drug-likeness (QED) is 0.750. The lowest BCUT2D eigenvalue weighted by atomic mass is 9.97. The zero-order valence-electron chi connectivity index (χ0n) is 11.2. The summed E-state index contributed by atoms with van der Waals surface area (Å²) >= 11 is 0. The molecule has 0 aliphatic heterocycles. The Labute approximate surface area is 110 Å². The van der Waals surface area contributed by atoms with Crippen LogP contribution in [0, 0.1) is 5.92 Å². The van der Waals surface area contributed by atoms with E-state index in [1.54, 1.807) is 18.7 Å². The molecule has 106 valence electrons. The fourth-order valence-electron chi connectivity index (χ4n) is 1.58. The third-order valence-electron chi connectivity index (χ3n) is 2.73. The van der Waals surface area contributed by atoms with Crippen molar-refractivity contribution in [3.63, 3.8) is 0 Å². The average molecular weight is 276 g/mol. The van der Waals surface area contributed by atoms with Gasteiger partial charge in [0.25, 0.3) is 10.1 Å². The van der Waals surface area contributed by atoms with Crippen molar-refractivity contribution in [2.75, 3.05) is 5.75 Å². The number of unbranched alkanes of at least 4 members (excludes halogenated alkanes) is 1. The van der Waals surface area contributed by atoms with Gasteiger partial charge in [-0.15, -0.1) is 0 Å². The fraction of sp³-hybridized carbons (Fsp3) is 0.750. The summed E-state index contributed by atoms with van der Waals surface area (Å²) in [5.74, 6) is 0.358. The zero-order valence-corrected chi connectivity index (χ0v) is 12.0. The molecule has 0 bridgehead atoms. The fourth-order valence-corrected chi connectivity index (χ4v) is 2.21. The zero-order chi connectivity index (χ0) is 13.9. The first-order valence-electron chi connectivity index (χ1n) is 6.37. The molecule has 1 atom stereocenters. The molecular formula is C12H24N2O3S. The van der Waals surface area contributed by atoms with E-state index in [9.17, 15) is 8.42 Å². The number of imidazole rings is 1. The summed E-state index contributed by atoms with van der Waals surface area (Å²) in [6.45, 7) is 4.18. The van der Waals surface area contributed by atoms with Crippen LogP contribution < -0.4 is 0 Å². The topological polar surface area (TPSA) is 83.0 Å². The molecule has 1 rings (SSSR count). The van der Waals surface area contributed by atoms with Crippen LogP contribution in [-0.4, -0.2) is 28.7 Å². The van der Waals surface area contributed by atoms with E-state index < -0.39 is 10.1 Å². The summed E-state index contributed by atoms with van der Waals surface area (Å²) in [5.41, 5.74) is 0. The van der Waals surface area contributed by atoms with Crippen LogP contribution in [0.15, 0.2) is 18.7 Å². The molecule has 0 aromatic carbocycles. The van der Waals surface area contributed by atoms with Gasteiger partial charge in [0, 0.05) is 12.4 Å². The van der Waals surface area contributed by atoms with Crippen LogP contribution >= 0.6 is 0 Å². The standard InChI is InChI=1S/C9H20O3S.C3H4N2/c1-3-5-6-9(4-2)7-8-13(10,11)12;1-2-5-3-4-1/h9H,3-8H2,1-2H3,(H,10,11,12);1-3H,(H,4,5). The maximum Gasteiger partial charge on any atom is 0.264 e. The largest absolute Gasteiger partial charge is 0.351 e. The summed E-state index contributed by atoms with van der Waals surface area (Å²) in [6.07, 6.45) is 10.0. The lowest BCUT2D eigenvalue weighted by Crippen LogP contribution is -2.09. The second-order valence-corrected chi connectivity index (χ2v) is 5.82. The van der Waals surface area contributed by atoms with Crippen molar-refractivity contribution < 1.29 is 13.0 Å². The third kappa shape index (κ3) is 11.6. The minimum Gasteiger partial charge on any atom is -0.351 e.